The van der Waals surface area contributed by atoms with Gasteiger partial charge in [0.2, 0.25) is 5.91 Å². The van der Waals surface area contributed by atoms with Gasteiger partial charge in [-0.25, -0.2) is 4.39 Å². The SMILES string of the molecule is CNCC(=O)NC(c1ccccc1F)C1CCCC1. The first-order chi connectivity index (χ1) is 9.22. The van der Waals surface area contributed by atoms with E-state index in [9.17, 15) is 9.18 Å². The minimum absolute atomic E-state index is 0.0809. The molecule has 1 aromatic carbocycles. The van der Waals surface area contributed by atoms with Crippen molar-refractivity contribution >= 4 is 5.91 Å². The number of likely N-dealkylation sites (N-methyl/N-ethyl adjacent to an activating group) is 1. The number of hydrogen-bond acceptors (Lipinski definition) is 2. The molecule has 1 atom stereocenters. The first kappa shape index (κ1) is 14.0. The summed E-state index contributed by atoms with van der Waals surface area (Å²) in [5.41, 5.74) is 0.610. The van der Waals surface area contributed by atoms with Crippen LogP contribution in [0, 0.1) is 11.7 Å². The summed E-state index contributed by atoms with van der Waals surface area (Å²) in [6.07, 6.45) is 4.44. The van der Waals surface area contributed by atoms with Gasteiger partial charge in [-0.05, 0) is 31.9 Å². The van der Waals surface area contributed by atoms with Crippen LogP contribution in [0.25, 0.3) is 0 Å². The van der Waals surface area contributed by atoms with Gasteiger partial charge in [-0.2, -0.15) is 0 Å². The van der Waals surface area contributed by atoms with Crippen molar-refractivity contribution in [3.05, 3.63) is 35.6 Å². The quantitative estimate of drug-likeness (QED) is 0.857. The van der Waals surface area contributed by atoms with Crippen LogP contribution >= 0.6 is 0 Å². The molecule has 19 heavy (non-hydrogen) atoms. The maximum atomic E-state index is 14.0. The van der Waals surface area contributed by atoms with E-state index in [1.54, 1.807) is 19.2 Å². The Balaban J connectivity index is 2.18. The van der Waals surface area contributed by atoms with Gasteiger partial charge in [-0.3, -0.25) is 4.79 Å². The Labute approximate surface area is 113 Å². The highest BCUT2D eigenvalue weighted by Gasteiger charge is 2.29. The zero-order valence-electron chi connectivity index (χ0n) is 11.3. The molecule has 0 heterocycles. The fourth-order valence-electron chi connectivity index (χ4n) is 2.85. The number of hydrogen-bond donors (Lipinski definition) is 2. The van der Waals surface area contributed by atoms with E-state index in [2.05, 4.69) is 10.6 Å². The molecule has 0 radical (unpaired) electrons. The van der Waals surface area contributed by atoms with Gasteiger partial charge in [0.25, 0.3) is 0 Å². The van der Waals surface area contributed by atoms with E-state index in [0.29, 0.717) is 11.5 Å². The molecule has 0 saturated heterocycles. The average molecular weight is 264 g/mol. The van der Waals surface area contributed by atoms with Crippen LogP contribution in [-0.2, 0) is 4.79 Å². The highest BCUT2D eigenvalue weighted by molar-refractivity contribution is 5.78. The van der Waals surface area contributed by atoms with Crippen molar-refractivity contribution in [3.63, 3.8) is 0 Å². The summed E-state index contributed by atoms with van der Waals surface area (Å²) in [7, 11) is 1.73. The summed E-state index contributed by atoms with van der Waals surface area (Å²) < 4.78 is 14.0. The second-order valence-electron chi connectivity index (χ2n) is 5.14. The lowest BCUT2D eigenvalue weighted by Crippen LogP contribution is -2.38. The maximum absolute atomic E-state index is 14.0. The summed E-state index contributed by atoms with van der Waals surface area (Å²) in [5.74, 6) is 0.0320. The third-order valence-electron chi connectivity index (χ3n) is 3.77. The Morgan fingerprint density at radius 2 is 2.05 bits per heavy atom. The average Bonchev–Trinajstić information content (AvgIpc) is 2.91. The molecule has 3 nitrogen and oxygen atoms in total. The Bertz CT molecular complexity index is 430. The highest BCUT2D eigenvalue weighted by Crippen LogP contribution is 2.36. The molecule has 2 rings (SSSR count). The second kappa shape index (κ2) is 6.66. The highest BCUT2D eigenvalue weighted by atomic mass is 19.1. The molecule has 1 aliphatic rings. The standard InChI is InChI=1S/C15H21FN2O/c1-17-10-14(19)18-15(11-6-2-3-7-11)12-8-4-5-9-13(12)16/h4-5,8-9,11,15,17H,2-3,6-7,10H2,1H3,(H,18,19). The van der Waals surface area contributed by atoms with Crippen molar-refractivity contribution in [1.29, 1.82) is 0 Å². The number of nitrogens with one attached hydrogen (secondary N) is 2. The van der Waals surface area contributed by atoms with Crippen molar-refractivity contribution < 1.29 is 9.18 Å². The van der Waals surface area contributed by atoms with Gasteiger partial charge in [0.15, 0.2) is 0 Å². The largest absolute Gasteiger partial charge is 0.348 e. The van der Waals surface area contributed by atoms with Crippen LogP contribution in [-0.4, -0.2) is 19.5 Å². The van der Waals surface area contributed by atoms with Gasteiger partial charge in [0, 0.05) is 5.56 Å². The summed E-state index contributed by atoms with van der Waals surface area (Å²) >= 11 is 0. The van der Waals surface area contributed by atoms with E-state index in [0.717, 1.165) is 25.7 Å². The molecule has 4 heteroatoms. The van der Waals surface area contributed by atoms with Gasteiger partial charge in [-0.15, -0.1) is 0 Å². The molecule has 1 fully saturated rings. The summed E-state index contributed by atoms with van der Waals surface area (Å²) in [4.78, 5) is 11.8. The van der Waals surface area contributed by atoms with E-state index < -0.39 is 0 Å². The van der Waals surface area contributed by atoms with Crippen molar-refractivity contribution in [2.45, 2.75) is 31.7 Å². The molecule has 1 aromatic rings. The van der Waals surface area contributed by atoms with E-state index in [1.165, 1.54) is 6.07 Å². The first-order valence-electron chi connectivity index (χ1n) is 6.90. The van der Waals surface area contributed by atoms with Crippen LogP contribution in [0.15, 0.2) is 24.3 Å². The number of carbonyl (C=O) groups excluding carboxylic acids is 1. The second-order valence-corrected chi connectivity index (χ2v) is 5.14. The van der Waals surface area contributed by atoms with Gasteiger partial charge in [-0.1, -0.05) is 31.0 Å². The monoisotopic (exact) mass is 264 g/mol. The molecule has 104 valence electrons. The minimum atomic E-state index is -0.232. The molecule has 0 spiro atoms. The number of carbonyl (C=O) groups is 1. The normalized spacial score (nSPS) is 17.4. The predicted molar refractivity (Wildman–Crippen MR) is 73.2 cm³/mol. The van der Waals surface area contributed by atoms with Crippen LogP contribution in [0.2, 0.25) is 0 Å². The minimum Gasteiger partial charge on any atom is -0.348 e. The van der Waals surface area contributed by atoms with Crippen molar-refractivity contribution in [2.24, 2.45) is 5.92 Å². The number of halogens is 1. The van der Waals surface area contributed by atoms with Crippen LogP contribution in [0.4, 0.5) is 4.39 Å². The van der Waals surface area contributed by atoms with Gasteiger partial charge in [0.1, 0.15) is 5.82 Å². The lowest BCUT2D eigenvalue weighted by Gasteiger charge is -2.25. The lowest BCUT2D eigenvalue weighted by molar-refractivity contribution is -0.121. The van der Waals surface area contributed by atoms with E-state index >= 15 is 0 Å². The van der Waals surface area contributed by atoms with Crippen LogP contribution < -0.4 is 10.6 Å². The number of amides is 1. The molecule has 1 aliphatic carbocycles. The fraction of sp³-hybridized carbons (Fsp3) is 0.533. The topological polar surface area (TPSA) is 41.1 Å². The summed E-state index contributed by atoms with van der Waals surface area (Å²) in [5, 5.41) is 5.80. The van der Waals surface area contributed by atoms with Crippen LogP contribution in [0.1, 0.15) is 37.3 Å². The third-order valence-corrected chi connectivity index (χ3v) is 3.77. The van der Waals surface area contributed by atoms with Crippen molar-refractivity contribution in [1.82, 2.24) is 10.6 Å². The van der Waals surface area contributed by atoms with Crippen LogP contribution in [0.3, 0.4) is 0 Å². The predicted octanol–water partition coefficient (Wildman–Crippen LogP) is 2.39. The molecule has 1 unspecified atom stereocenters. The Hall–Kier alpha value is -1.42. The number of rotatable bonds is 5. The third kappa shape index (κ3) is 3.53. The molecule has 0 bridgehead atoms. The van der Waals surface area contributed by atoms with E-state index in [4.69, 9.17) is 0 Å². The number of benzene rings is 1. The van der Waals surface area contributed by atoms with E-state index in [-0.39, 0.29) is 24.3 Å². The Morgan fingerprint density at radius 1 is 1.37 bits per heavy atom. The van der Waals surface area contributed by atoms with Crippen molar-refractivity contribution in [3.8, 4) is 0 Å². The molecule has 0 aliphatic heterocycles. The molecule has 1 saturated carbocycles. The molecule has 0 aromatic heterocycles. The molecule has 2 N–H and O–H groups in total. The lowest BCUT2D eigenvalue weighted by atomic mass is 9.91. The Morgan fingerprint density at radius 3 is 2.68 bits per heavy atom. The molecular weight excluding hydrogens is 243 g/mol. The smallest absolute Gasteiger partial charge is 0.234 e. The fourth-order valence-corrected chi connectivity index (χ4v) is 2.85. The van der Waals surface area contributed by atoms with Crippen LogP contribution in [0.5, 0.6) is 0 Å². The summed E-state index contributed by atoms with van der Waals surface area (Å²) in [6.45, 7) is 0.262. The van der Waals surface area contributed by atoms with E-state index in [1.807, 2.05) is 6.07 Å². The van der Waals surface area contributed by atoms with Gasteiger partial charge < -0.3 is 10.6 Å². The molecule has 1 amide bonds. The first-order valence-corrected chi connectivity index (χ1v) is 6.90. The van der Waals surface area contributed by atoms with Crippen molar-refractivity contribution in [2.75, 3.05) is 13.6 Å². The Kier molecular flexibility index (Phi) is 4.91. The zero-order valence-corrected chi connectivity index (χ0v) is 11.3. The van der Waals surface area contributed by atoms with Gasteiger partial charge >= 0.3 is 0 Å². The zero-order chi connectivity index (χ0) is 13.7. The van der Waals surface area contributed by atoms with Gasteiger partial charge in [0.05, 0.1) is 12.6 Å². The molecular formula is C15H21FN2O. The summed E-state index contributed by atoms with van der Waals surface area (Å²) in [6, 6.07) is 6.54. The maximum Gasteiger partial charge on any atom is 0.234 e.